The molecule has 0 fully saturated rings. The molecule has 80 valence electrons. The number of rotatable bonds is 2. The second-order valence-electron chi connectivity index (χ2n) is 3.15. The second-order valence-corrected chi connectivity index (χ2v) is 4.07. The van der Waals surface area contributed by atoms with Crippen LogP contribution in [0.3, 0.4) is 0 Å². The number of fused-ring (bicyclic) bond motifs is 1. The van der Waals surface area contributed by atoms with E-state index in [2.05, 4.69) is 21.2 Å². The maximum absolute atomic E-state index is 11.5. The monoisotopic (exact) mass is 270 g/mol. The number of hydrogen-bond acceptors (Lipinski definition) is 4. The normalized spacial score (nSPS) is 22.8. The molecule has 1 N–H and O–H groups in total. The molecule has 4 nitrogen and oxygen atoms in total. The Balaban J connectivity index is 2.11. The van der Waals surface area contributed by atoms with Crippen LogP contribution in [-0.2, 0) is 9.53 Å². The predicted octanol–water partition coefficient (Wildman–Crippen LogP) is 1.43. The van der Waals surface area contributed by atoms with Gasteiger partial charge in [0.2, 0.25) is 0 Å². The molecule has 5 heteroatoms. The number of halogens is 1. The third-order valence-electron chi connectivity index (χ3n) is 2.14. The van der Waals surface area contributed by atoms with Gasteiger partial charge in [0.1, 0.15) is 11.9 Å². The standard InChI is InChI=1S/C10H11BrN2O2/c1-2-15-10(14)8-6-13-5-3-4-7(11)9(13)12-8/h3-6,9,12H,2H2,1H3/t9-/m1/s1. The highest BCUT2D eigenvalue weighted by atomic mass is 79.9. The van der Waals surface area contributed by atoms with E-state index in [0.717, 1.165) is 4.48 Å². The van der Waals surface area contributed by atoms with E-state index in [1.807, 2.05) is 23.3 Å². The highest BCUT2D eigenvalue weighted by Crippen LogP contribution is 2.25. The molecule has 0 saturated carbocycles. The third kappa shape index (κ3) is 1.92. The number of hydrogen-bond donors (Lipinski definition) is 1. The maximum Gasteiger partial charge on any atom is 0.355 e. The van der Waals surface area contributed by atoms with Crippen molar-refractivity contribution in [1.82, 2.24) is 10.2 Å². The minimum absolute atomic E-state index is 0.0191. The van der Waals surface area contributed by atoms with Gasteiger partial charge in [-0.25, -0.2) is 4.79 Å². The number of ether oxygens (including phenoxy) is 1. The lowest BCUT2D eigenvalue weighted by atomic mass is 10.3. The molecule has 0 aromatic heterocycles. The average Bonchev–Trinajstić information content (AvgIpc) is 2.63. The van der Waals surface area contributed by atoms with Gasteiger partial charge in [-0.3, -0.25) is 0 Å². The Labute approximate surface area is 96.4 Å². The fourth-order valence-electron chi connectivity index (χ4n) is 1.47. The molecule has 0 unspecified atom stereocenters. The van der Waals surface area contributed by atoms with E-state index in [1.165, 1.54) is 0 Å². The minimum Gasteiger partial charge on any atom is -0.461 e. The van der Waals surface area contributed by atoms with Gasteiger partial charge in [0.15, 0.2) is 0 Å². The van der Waals surface area contributed by atoms with Crippen LogP contribution in [0.15, 0.2) is 34.7 Å². The maximum atomic E-state index is 11.5. The first-order chi connectivity index (χ1) is 7.22. The van der Waals surface area contributed by atoms with Crippen molar-refractivity contribution in [1.29, 1.82) is 0 Å². The molecule has 2 aliphatic rings. The molecule has 0 aliphatic carbocycles. The zero-order chi connectivity index (χ0) is 10.8. The van der Waals surface area contributed by atoms with Crippen LogP contribution in [0.4, 0.5) is 0 Å². The summed E-state index contributed by atoms with van der Waals surface area (Å²) in [6.07, 6.45) is 7.47. The number of carbonyl (C=O) groups is 1. The van der Waals surface area contributed by atoms with Crippen LogP contribution in [0.2, 0.25) is 0 Å². The van der Waals surface area contributed by atoms with Crippen LogP contribution < -0.4 is 5.32 Å². The number of allylic oxidation sites excluding steroid dienone is 2. The Morgan fingerprint density at radius 1 is 1.73 bits per heavy atom. The van der Waals surface area contributed by atoms with Crippen molar-refractivity contribution in [2.75, 3.05) is 6.61 Å². The molecule has 2 heterocycles. The molecule has 0 bridgehead atoms. The van der Waals surface area contributed by atoms with Gasteiger partial charge in [-0.1, -0.05) is 15.9 Å². The highest BCUT2D eigenvalue weighted by molar-refractivity contribution is 9.11. The summed E-state index contributed by atoms with van der Waals surface area (Å²) < 4.78 is 5.90. The van der Waals surface area contributed by atoms with Crippen molar-refractivity contribution >= 4 is 21.9 Å². The fraction of sp³-hybridized carbons (Fsp3) is 0.300. The molecule has 0 radical (unpaired) electrons. The summed E-state index contributed by atoms with van der Waals surface area (Å²) in [6.45, 7) is 2.17. The summed E-state index contributed by atoms with van der Waals surface area (Å²) >= 11 is 3.43. The molecule has 2 rings (SSSR count). The van der Waals surface area contributed by atoms with E-state index in [1.54, 1.807) is 13.1 Å². The van der Waals surface area contributed by atoms with E-state index < -0.39 is 0 Å². The smallest absolute Gasteiger partial charge is 0.355 e. The molecule has 15 heavy (non-hydrogen) atoms. The topological polar surface area (TPSA) is 41.6 Å². The largest absolute Gasteiger partial charge is 0.461 e. The van der Waals surface area contributed by atoms with E-state index in [9.17, 15) is 4.79 Å². The lowest BCUT2D eigenvalue weighted by Crippen LogP contribution is -2.35. The number of nitrogens with one attached hydrogen (secondary N) is 1. The summed E-state index contributed by atoms with van der Waals surface area (Å²) in [7, 11) is 0. The SMILES string of the molecule is CCOC(=O)C1=CN2C=CC=C(Br)[C@@H]2N1. The van der Waals surface area contributed by atoms with Gasteiger partial charge in [0, 0.05) is 16.9 Å². The summed E-state index contributed by atoms with van der Waals surface area (Å²) in [5.41, 5.74) is 0.485. The number of carbonyl (C=O) groups excluding carboxylic acids is 1. The van der Waals surface area contributed by atoms with Gasteiger partial charge >= 0.3 is 5.97 Å². The predicted molar refractivity (Wildman–Crippen MR) is 59.6 cm³/mol. The molecular weight excluding hydrogens is 260 g/mol. The Bertz CT molecular complexity index is 374. The summed E-state index contributed by atoms with van der Waals surface area (Å²) in [5, 5.41) is 3.07. The Hall–Kier alpha value is -1.23. The first kappa shape index (κ1) is 10.3. The summed E-state index contributed by atoms with van der Waals surface area (Å²) in [4.78, 5) is 13.4. The lowest BCUT2D eigenvalue weighted by Gasteiger charge is -2.24. The lowest BCUT2D eigenvalue weighted by molar-refractivity contribution is -0.138. The van der Waals surface area contributed by atoms with E-state index in [4.69, 9.17) is 4.74 Å². The van der Waals surface area contributed by atoms with Gasteiger partial charge in [0.05, 0.1) is 6.61 Å². The van der Waals surface area contributed by atoms with Crippen molar-refractivity contribution in [2.45, 2.75) is 13.1 Å². The zero-order valence-electron chi connectivity index (χ0n) is 8.24. The van der Waals surface area contributed by atoms with E-state index in [-0.39, 0.29) is 12.1 Å². The Kier molecular flexibility index (Phi) is 2.81. The molecule has 0 aromatic rings. The molecule has 0 saturated heterocycles. The highest BCUT2D eigenvalue weighted by Gasteiger charge is 2.29. The van der Waals surface area contributed by atoms with E-state index in [0.29, 0.717) is 12.3 Å². The fourth-order valence-corrected chi connectivity index (χ4v) is 1.97. The molecule has 2 aliphatic heterocycles. The molecule has 1 atom stereocenters. The molecule has 0 aromatic carbocycles. The second kappa shape index (κ2) is 4.10. The quantitative estimate of drug-likeness (QED) is 0.771. The third-order valence-corrected chi connectivity index (χ3v) is 2.84. The minimum atomic E-state index is -0.319. The van der Waals surface area contributed by atoms with Gasteiger partial charge in [0.25, 0.3) is 0 Å². The van der Waals surface area contributed by atoms with Crippen molar-refractivity contribution < 1.29 is 9.53 Å². The van der Waals surface area contributed by atoms with Gasteiger partial charge in [-0.2, -0.15) is 0 Å². The average molecular weight is 271 g/mol. The van der Waals surface area contributed by atoms with Crippen molar-refractivity contribution in [2.24, 2.45) is 0 Å². The van der Waals surface area contributed by atoms with Crippen LogP contribution in [0, 0.1) is 0 Å². The Morgan fingerprint density at radius 2 is 2.53 bits per heavy atom. The van der Waals surface area contributed by atoms with Gasteiger partial charge in [-0.15, -0.1) is 0 Å². The molecular formula is C10H11BrN2O2. The van der Waals surface area contributed by atoms with Crippen molar-refractivity contribution in [3.8, 4) is 0 Å². The van der Waals surface area contributed by atoms with Crippen LogP contribution in [0.25, 0.3) is 0 Å². The molecule has 0 spiro atoms. The first-order valence-electron chi connectivity index (χ1n) is 4.69. The number of nitrogens with zero attached hydrogens (tertiary/aromatic N) is 1. The van der Waals surface area contributed by atoms with Gasteiger partial charge in [-0.05, 0) is 19.1 Å². The van der Waals surface area contributed by atoms with Crippen LogP contribution in [0.1, 0.15) is 6.92 Å². The van der Waals surface area contributed by atoms with Crippen LogP contribution >= 0.6 is 15.9 Å². The summed E-state index contributed by atoms with van der Waals surface area (Å²) in [5.74, 6) is -0.319. The summed E-state index contributed by atoms with van der Waals surface area (Å²) in [6, 6.07) is 0. The van der Waals surface area contributed by atoms with Crippen molar-refractivity contribution in [3.05, 3.63) is 34.7 Å². The Morgan fingerprint density at radius 3 is 3.20 bits per heavy atom. The first-order valence-corrected chi connectivity index (χ1v) is 5.48. The van der Waals surface area contributed by atoms with E-state index >= 15 is 0 Å². The van der Waals surface area contributed by atoms with Crippen molar-refractivity contribution in [3.63, 3.8) is 0 Å². The van der Waals surface area contributed by atoms with Crippen LogP contribution in [-0.4, -0.2) is 23.6 Å². The van der Waals surface area contributed by atoms with Gasteiger partial charge < -0.3 is 15.0 Å². The number of esters is 1. The van der Waals surface area contributed by atoms with Crippen LogP contribution in [0.5, 0.6) is 0 Å². The molecule has 0 amide bonds. The zero-order valence-corrected chi connectivity index (χ0v) is 9.82.